The minimum Gasteiger partial charge on any atom is -0.310 e. The molecule has 0 spiro atoms. The van der Waals surface area contributed by atoms with Gasteiger partial charge in [-0.2, -0.15) is 0 Å². The Labute approximate surface area is 345 Å². The van der Waals surface area contributed by atoms with Crippen LogP contribution in [0.15, 0.2) is 231 Å². The van der Waals surface area contributed by atoms with Gasteiger partial charge in [-0.25, -0.2) is 0 Å². The number of anilines is 3. The molecule has 9 aromatic carbocycles. The van der Waals surface area contributed by atoms with Crippen LogP contribution in [0.25, 0.3) is 22.3 Å². The van der Waals surface area contributed by atoms with E-state index >= 15 is 0 Å². The molecule has 11 rings (SSSR count). The van der Waals surface area contributed by atoms with Crippen molar-refractivity contribution < 1.29 is 0 Å². The SMILES string of the molecule is Clc1cccc(N(c2ccc3c(c2)-c2ccccc2C3(c2ccccc2)c2ccccc2)c2cccc3c2-c2ccccc2C3(c2ccccc2)c2ccccc2)c1. The lowest BCUT2D eigenvalue weighted by molar-refractivity contribution is 0.768. The Morgan fingerprint density at radius 2 is 0.741 bits per heavy atom. The standard InChI is InChI=1S/C56H38ClN/c57-43-27-17-28-44(37-43)58(45-35-36-51-48(38-45)46-29-13-15-31-49(46)55(51,39-19-5-1-6-20-39)40-21-7-2-8-22-40)53-34-18-33-52-54(53)47-30-14-16-32-50(47)56(52,41-23-9-3-10-24-41)42-25-11-4-12-26-42/h1-38H. The first kappa shape index (κ1) is 34.3. The van der Waals surface area contributed by atoms with Crippen molar-refractivity contribution in [1.82, 2.24) is 0 Å². The minimum absolute atomic E-state index is 0.480. The third-order valence-corrected chi connectivity index (χ3v) is 12.7. The summed E-state index contributed by atoms with van der Waals surface area (Å²) in [4.78, 5) is 2.42. The van der Waals surface area contributed by atoms with Gasteiger partial charge in [0.05, 0.1) is 16.5 Å². The fourth-order valence-corrected chi connectivity index (χ4v) is 10.5. The molecule has 2 aliphatic carbocycles. The summed E-state index contributed by atoms with van der Waals surface area (Å²) in [6.07, 6.45) is 0. The molecule has 0 aromatic heterocycles. The third-order valence-electron chi connectivity index (χ3n) is 12.5. The normalized spacial score (nSPS) is 13.9. The van der Waals surface area contributed by atoms with Crippen molar-refractivity contribution >= 4 is 28.7 Å². The quantitative estimate of drug-likeness (QED) is 0.156. The van der Waals surface area contributed by atoms with Crippen LogP contribution in [0.3, 0.4) is 0 Å². The summed E-state index contributed by atoms with van der Waals surface area (Å²) in [6, 6.07) is 84.1. The Bertz CT molecular complexity index is 2880. The molecule has 0 atom stereocenters. The molecule has 58 heavy (non-hydrogen) atoms. The largest absolute Gasteiger partial charge is 0.310 e. The Kier molecular flexibility index (Phi) is 8.06. The van der Waals surface area contributed by atoms with Crippen LogP contribution in [0.2, 0.25) is 5.02 Å². The zero-order valence-electron chi connectivity index (χ0n) is 31.8. The Morgan fingerprint density at radius 3 is 1.31 bits per heavy atom. The fourth-order valence-electron chi connectivity index (χ4n) is 10.3. The summed E-state index contributed by atoms with van der Waals surface area (Å²) in [5, 5.41) is 0.692. The van der Waals surface area contributed by atoms with Crippen molar-refractivity contribution in [2.45, 2.75) is 10.8 Å². The Morgan fingerprint density at radius 1 is 0.310 bits per heavy atom. The second kappa shape index (κ2) is 13.6. The van der Waals surface area contributed by atoms with Gasteiger partial charge in [-0.3, -0.25) is 0 Å². The van der Waals surface area contributed by atoms with Gasteiger partial charge >= 0.3 is 0 Å². The predicted octanol–water partition coefficient (Wildman–Crippen LogP) is 14.5. The molecule has 9 aromatic rings. The van der Waals surface area contributed by atoms with Crippen LogP contribution in [0.4, 0.5) is 17.1 Å². The Balaban J connectivity index is 1.20. The van der Waals surface area contributed by atoms with E-state index in [1.54, 1.807) is 0 Å². The molecule has 0 radical (unpaired) electrons. The summed E-state index contributed by atoms with van der Waals surface area (Å²) in [7, 11) is 0. The van der Waals surface area contributed by atoms with Crippen LogP contribution in [-0.4, -0.2) is 0 Å². The first-order valence-electron chi connectivity index (χ1n) is 20.0. The van der Waals surface area contributed by atoms with Crippen LogP contribution in [0.1, 0.15) is 44.5 Å². The molecule has 2 heteroatoms. The van der Waals surface area contributed by atoms with E-state index in [2.05, 4.69) is 229 Å². The lowest BCUT2D eigenvalue weighted by atomic mass is 9.67. The van der Waals surface area contributed by atoms with Gasteiger partial charge in [-0.1, -0.05) is 206 Å². The van der Waals surface area contributed by atoms with Crippen molar-refractivity contribution in [3.63, 3.8) is 0 Å². The van der Waals surface area contributed by atoms with E-state index in [1.807, 2.05) is 6.07 Å². The van der Waals surface area contributed by atoms with Crippen molar-refractivity contribution in [1.29, 1.82) is 0 Å². The molecule has 0 aliphatic heterocycles. The molecule has 0 amide bonds. The molecular weight excluding hydrogens is 722 g/mol. The molecule has 0 saturated carbocycles. The molecule has 0 heterocycles. The lowest BCUT2D eigenvalue weighted by Crippen LogP contribution is -2.28. The Hall–Kier alpha value is -6.93. The highest BCUT2D eigenvalue weighted by molar-refractivity contribution is 6.30. The zero-order valence-corrected chi connectivity index (χ0v) is 32.5. The van der Waals surface area contributed by atoms with E-state index in [9.17, 15) is 0 Å². The zero-order chi connectivity index (χ0) is 38.7. The average molecular weight is 760 g/mol. The van der Waals surface area contributed by atoms with Gasteiger partial charge < -0.3 is 4.90 Å². The fraction of sp³-hybridized carbons (Fsp3) is 0.0357. The number of rotatable bonds is 7. The average Bonchev–Trinajstić information content (AvgIpc) is 3.77. The second-order valence-corrected chi connectivity index (χ2v) is 15.7. The van der Waals surface area contributed by atoms with Gasteiger partial charge in [0.15, 0.2) is 0 Å². The maximum atomic E-state index is 6.87. The van der Waals surface area contributed by atoms with Gasteiger partial charge in [0.2, 0.25) is 0 Å². The second-order valence-electron chi connectivity index (χ2n) is 15.3. The van der Waals surface area contributed by atoms with Crippen molar-refractivity contribution in [2.24, 2.45) is 0 Å². The van der Waals surface area contributed by atoms with E-state index in [0.717, 1.165) is 17.1 Å². The first-order chi connectivity index (χ1) is 28.7. The number of benzene rings is 9. The summed E-state index contributed by atoms with van der Waals surface area (Å²) < 4.78 is 0. The number of nitrogens with zero attached hydrogens (tertiary/aromatic N) is 1. The van der Waals surface area contributed by atoms with Crippen LogP contribution < -0.4 is 4.90 Å². The van der Waals surface area contributed by atoms with E-state index in [0.29, 0.717) is 5.02 Å². The van der Waals surface area contributed by atoms with E-state index in [4.69, 9.17) is 11.6 Å². The number of fused-ring (bicyclic) bond motifs is 6. The van der Waals surface area contributed by atoms with Gasteiger partial charge in [0.25, 0.3) is 0 Å². The molecular formula is C56H38ClN. The molecule has 0 fully saturated rings. The molecule has 1 nitrogen and oxygen atoms in total. The molecule has 0 unspecified atom stereocenters. The third kappa shape index (κ3) is 4.90. The first-order valence-corrected chi connectivity index (χ1v) is 20.3. The van der Waals surface area contributed by atoms with Crippen LogP contribution in [0.5, 0.6) is 0 Å². The topological polar surface area (TPSA) is 3.24 Å². The summed E-state index contributed by atoms with van der Waals surface area (Å²) in [6.45, 7) is 0. The highest BCUT2D eigenvalue weighted by atomic mass is 35.5. The highest BCUT2D eigenvalue weighted by Gasteiger charge is 2.48. The molecule has 0 N–H and O–H groups in total. The minimum atomic E-state index is -0.522. The van der Waals surface area contributed by atoms with E-state index in [-0.39, 0.29) is 0 Å². The van der Waals surface area contributed by atoms with Crippen LogP contribution in [0, 0.1) is 0 Å². The number of halogens is 1. The monoisotopic (exact) mass is 759 g/mol. The number of hydrogen-bond donors (Lipinski definition) is 0. The molecule has 0 saturated heterocycles. The van der Waals surface area contributed by atoms with Gasteiger partial charge in [-0.05, 0) is 97.6 Å². The van der Waals surface area contributed by atoms with E-state index < -0.39 is 10.8 Å². The van der Waals surface area contributed by atoms with Crippen LogP contribution >= 0.6 is 11.6 Å². The summed E-state index contributed by atoms with van der Waals surface area (Å²) >= 11 is 6.87. The maximum Gasteiger partial charge on any atom is 0.0714 e. The molecule has 0 bridgehead atoms. The van der Waals surface area contributed by atoms with Crippen molar-refractivity contribution in [3.05, 3.63) is 280 Å². The van der Waals surface area contributed by atoms with Gasteiger partial charge in [0, 0.05) is 22.0 Å². The molecule has 274 valence electrons. The lowest BCUT2D eigenvalue weighted by Gasteiger charge is -2.35. The van der Waals surface area contributed by atoms with Gasteiger partial charge in [-0.15, -0.1) is 0 Å². The highest BCUT2D eigenvalue weighted by Crippen LogP contribution is 2.61. The van der Waals surface area contributed by atoms with Crippen molar-refractivity contribution in [3.8, 4) is 22.3 Å². The smallest absolute Gasteiger partial charge is 0.0714 e. The molecule has 2 aliphatic rings. The number of hydrogen-bond acceptors (Lipinski definition) is 1. The predicted molar refractivity (Wildman–Crippen MR) is 241 cm³/mol. The van der Waals surface area contributed by atoms with Gasteiger partial charge in [0.1, 0.15) is 0 Å². The van der Waals surface area contributed by atoms with Crippen molar-refractivity contribution in [2.75, 3.05) is 4.90 Å². The van der Waals surface area contributed by atoms with Crippen LogP contribution in [-0.2, 0) is 10.8 Å². The summed E-state index contributed by atoms with van der Waals surface area (Å²) in [5.74, 6) is 0. The summed E-state index contributed by atoms with van der Waals surface area (Å²) in [5.41, 5.74) is 17.2. The maximum absolute atomic E-state index is 6.87. The van der Waals surface area contributed by atoms with E-state index in [1.165, 1.54) is 66.8 Å².